The van der Waals surface area contributed by atoms with Crippen molar-refractivity contribution in [2.75, 3.05) is 20.8 Å². The van der Waals surface area contributed by atoms with E-state index in [4.69, 9.17) is 14.2 Å². The van der Waals surface area contributed by atoms with Gasteiger partial charge in [0.25, 0.3) is 0 Å². The summed E-state index contributed by atoms with van der Waals surface area (Å²) >= 11 is 0. The highest BCUT2D eigenvalue weighted by Crippen LogP contribution is 2.39. The molecule has 1 aromatic rings. The lowest BCUT2D eigenvalue weighted by atomic mass is 9.88. The van der Waals surface area contributed by atoms with Gasteiger partial charge in [-0.05, 0) is 24.3 Å². The molecule has 1 fully saturated rings. The number of ether oxygens (including phenoxy) is 3. The van der Waals surface area contributed by atoms with Gasteiger partial charge in [0.1, 0.15) is 30.2 Å². The number of rotatable bonds is 4. The van der Waals surface area contributed by atoms with E-state index in [1.54, 1.807) is 24.3 Å². The number of aliphatic hydroxyl groups is 4. The largest absolute Gasteiger partial charge is 0.497 e. The molecule has 0 amide bonds. The Hall–Kier alpha value is -1.22. The molecule has 0 bridgehead atoms. The smallest absolute Gasteiger partial charge is 0.224 e. The third-order valence-corrected chi connectivity index (χ3v) is 3.75. The summed E-state index contributed by atoms with van der Waals surface area (Å²) in [7, 11) is 2.83. The van der Waals surface area contributed by atoms with Crippen molar-refractivity contribution in [3.63, 3.8) is 0 Å². The van der Waals surface area contributed by atoms with E-state index < -0.39 is 36.8 Å². The van der Waals surface area contributed by atoms with Crippen LogP contribution < -0.4 is 4.74 Å². The minimum atomic E-state index is -1.68. The van der Waals surface area contributed by atoms with E-state index in [0.717, 1.165) is 0 Å². The van der Waals surface area contributed by atoms with Gasteiger partial charge >= 0.3 is 0 Å². The lowest BCUT2D eigenvalue weighted by Gasteiger charge is -2.47. The van der Waals surface area contributed by atoms with Crippen molar-refractivity contribution in [1.29, 1.82) is 0 Å². The van der Waals surface area contributed by atoms with Gasteiger partial charge in [-0.25, -0.2) is 0 Å². The quantitative estimate of drug-likeness (QED) is 0.563. The maximum absolute atomic E-state index is 10.3. The Kier molecular flexibility index (Phi) is 4.82. The third kappa shape index (κ3) is 2.64. The van der Waals surface area contributed by atoms with Gasteiger partial charge < -0.3 is 34.6 Å². The second-order valence-corrected chi connectivity index (χ2v) is 4.87. The first-order valence-electron chi connectivity index (χ1n) is 6.52. The SMILES string of the molecule is COc1ccc([C@]2(OC)O[C@H](CO)[C@@H](O)[C@H](O)[C@H]2O)cc1. The Bertz CT molecular complexity index is 461. The zero-order valence-corrected chi connectivity index (χ0v) is 11.8. The summed E-state index contributed by atoms with van der Waals surface area (Å²) in [5, 5.41) is 39.3. The molecule has 1 aliphatic rings. The molecular formula is C14H20O7. The molecule has 0 aromatic heterocycles. The van der Waals surface area contributed by atoms with Crippen molar-refractivity contribution >= 4 is 0 Å². The Morgan fingerprint density at radius 3 is 2.19 bits per heavy atom. The topological polar surface area (TPSA) is 109 Å². The maximum Gasteiger partial charge on any atom is 0.224 e. The van der Waals surface area contributed by atoms with Crippen molar-refractivity contribution in [2.24, 2.45) is 0 Å². The minimum absolute atomic E-state index is 0.433. The molecule has 0 radical (unpaired) electrons. The van der Waals surface area contributed by atoms with Crippen LogP contribution in [0.4, 0.5) is 0 Å². The van der Waals surface area contributed by atoms with Gasteiger partial charge in [0.05, 0.1) is 13.7 Å². The molecule has 1 heterocycles. The first-order valence-corrected chi connectivity index (χ1v) is 6.52. The number of aliphatic hydroxyl groups excluding tert-OH is 4. The molecule has 2 rings (SSSR count). The maximum atomic E-state index is 10.3. The van der Waals surface area contributed by atoms with E-state index in [1.807, 2.05) is 0 Å². The van der Waals surface area contributed by atoms with Gasteiger partial charge in [0, 0.05) is 12.7 Å². The predicted molar refractivity (Wildman–Crippen MR) is 71.7 cm³/mol. The molecule has 118 valence electrons. The number of hydrogen-bond donors (Lipinski definition) is 4. The van der Waals surface area contributed by atoms with Crippen LogP contribution in [-0.2, 0) is 15.3 Å². The molecule has 1 aromatic carbocycles. The highest BCUT2D eigenvalue weighted by Gasteiger charge is 2.55. The molecular weight excluding hydrogens is 280 g/mol. The first kappa shape index (κ1) is 16.2. The summed E-state index contributed by atoms with van der Waals surface area (Å²) in [6.45, 7) is -0.522. The fourth-order valence-electron chi connectivity index (χ4n) is 2.49. The van der Waals surface area contributed by atoms with E-state index >= 15 is 0 Å². The Balaban J connectivity index is 2.42. The highest BCUT2D eigenvalue weighted by molar-refractivity contribution is 5.31. The van der Waals surface area contributed by atoms with Gasteiger partial charge in [-0.3, -0.25) is 0 Å². The van der Waals surface area contributed by atoms with Crippen molar-refractivity contribution in [3.05, 3.63) is 29.8 Å². The van der Waals surface area contributed by atoms with E-state index in [2.05, 4.69) is 0 Å². The average molecular weight is 300 g/mol. The molecule has 4 N–H and O–H groups in total. The summed E-state index contributed by atoms with van der Waals surface area (Å²) in [5.74, 6) is -1.08. The second-order valence-electron chi connectivity index (χ2n) is 4.87. The van der Waals surface area contributed by atoms with Gasteiger partial charge in [0.2, 0.25) is 5.79 Å². The lowest BCUT2D eigenvalue weighted by Crippen LogP contribution is -2.64. The van der Waals surface area contributed by atoms with Crippen LogP contribution in [0.3, 0.4) is 0 Å². The molecule has 21 heavy (non-hydrogen) atoms. The van der Waals surface area contributed by atoms with Crippen molar-refractivity contribution in [1.82, 2.24) is 0 Å². The zero-order chi connectivity index (χ0) is 15.6. The summed E-state index contributed by atoms with van der Waals surface area (Å²) in [5.41, 5.74) is 0.433. The normalized spacial score (nSPS) is 36.5. The van der Waals surface area contributed by atoms with E-state index in [9.17, 15) is 20.4 Å². The van der Waals surface area contributed by atoms with Crippen LogP contribution in [0.25, 0.3) is 0 Å². The molecule has 0 unspecified atom stereocenters. The van der Waals surface area contributed by atoms with Crippen molar-refractivity contribution in [2.45, 2.75) is 30.2 Å². The Morgan fingerprint density at radius 1 is 1.10 bits per heavy atom. The standard InChI is InChI=1S/C14H20O7/c1-19-9-5-3-8(4-6-9)14(20-2)13(18)12(17)11(16)10(7-15)21-14/h3-6,10-13,15-18H,7H2,1-2H3/t10-,11-,12+,13-,14+/m1/s1. The molecule has 5 atom stereocenters. The van der Waals surface area contributed by atoms with Crippen LogP contribution in [0, 0.1) is 0 Å². The van der Waals surface area contributed by atoms with E-state index in [1.165, 1.54) is 14.2 Å². The van der Waals surface area contributed by atoms with Crippen LogP contribution in [-0.4, -0.2) is 65.7 Å². The molecule has 0 aliphatic carbocycles. The first-order chi connectivity index (χ1) is 10.00. The number of hydrogen-bond acceptors (Lipinski definition) is 7. The van der Waals surface area contributed by atoms with E-state index in [-0.39, 0.29) is 0 Å². The molecule has 7 heteroatoms. The van der Waals surface area contributed by atoms with E-state index in [0.29, 0.717) is 11.3 Å². The molecule has 0 spiro atoms. The minimum Gasteiger partial charge on any atom is -0.497 e. The zero-order valence-electron chi connectivity index (χ0n) is 11.8. The molecule has 1 saturated heterocycles. The van der Waals surface area contributed by atoms with Gasteiger partial charge in [-0.15, -0.1) is 0 Å². The lowest BCUT2D eigenvalue weighted by molar-refractivity contribution is -0.366. The van der Waals surface area contributed by atoms with Gasteiger partial charge in [0.15, 0.2) is 0 Å². The number of methoxy groups -OCH3 is 2. The Morgan fingerprint density at radius 2 is 1.71 bits per heavy atom. The van der Waals surface area contributed by atoms with Gasteiger partial charge in [-0.1, -0.05) is 0 Å². The fourth-order valence-corrected chi connectivity index (χ4v) is 2.49. The van der Waals surface area contributed by atoms with Crippen LogP contribution in [0.2, 0.25) is 0 Å². The van der Waals surface area contributed by atoms with Crippen LogP contribution in [0.5, 0.6) is 5.75 Å². The predicted octanol–water partition coefficient (Wildman–Crippen LogP) is -1.03. The van der Waals surface area contributed by atoms with Crippen molar-refractivity contribution in [3.8, 4) is 5.75 Å². The Labute approximate surface area is 122 Å². The summed E-state index contributed by atoms with van der Waals surface area (Å²) in [4.78, 5) is 0. The summed E-state index contributed by atoms with van der Waals surface area (Å²) in [6, 6.07) is 6.53. The molecule has 7 nitrogen and oxygen atoms in total. The van der Waals surface area contributed by atoms with Crippen molar-refractivity contribution < 1.29 is 34.6 Å². The molecule has 1 aliphatic heterocycles. The van der Waals surface area contributed by atoms with Crippen LogP contribution in [0.15, 0.2) is 24.3 Å². The monoisotopic (exact) mass is 300 g/mol. The molecule has 0 saturated carbocycles. The second kappa shape index (κ2) is 6.27. The van der Waals surface area contributed by atoms with Gasteiger partial charge in [-0.2, -0.15) is 0 Å². The highest BCUT2D eigenvalue weighted by atomic mass is 16.7. The van der Waals surface area contributed by atoms with Crippen LogP contribution in [0.1, 0.15) is 5.56 Å². The summed E-state index contributed by atoms with van der Waals surface area (Å²) < 4.78 is 15.9. The van der Waals surface area contributed by atoms with Crippen LogP contribution >= 0.6 is 0 Å². The average Bonchev–Trinajstić information content (AvgIpc) is 2.54. The number of benzene rings is 1. The third-order valence-electron chi connectivity index (χ3n) is 3.75. The fraction of sp³-hybridized carbons (Fsp3) is 0.571. The summed E-state index contributed by atoms with van der Waals surface area (Å²) in [6.07, 6.45) is -5.52.